The summed E-state index contributed by atoms with van der Waals surface area (Å²) >= 11 is 0. The van der Waals surface area contributed by atoms with Gasteiger partial charge in [-0.1, -0.05) is 0 Å². The second-order valence-corrected chi connectivity index (χ2v) is 8.24. The highest BCUT2D eigenvalue weighted by molar-refractivity contribution is 5.95. The smallest absolute Gasteiger partial charge is 0.253 e. The van der Waals surface area contributed by atoms with Gasteiger partial charge in [-0.2, -0.15) is 0 Å². The lowest BCUT2D eigenvalue weighted by molar-refractivity contribution is 0.0940. The van der Waals surface area contributed by atoms with Crippen LogP contribution < -0.4 is 14.8 Å². The number of nitrogens with zero attached hydrogens (tertiary/aromatic N) is 2. The van der Waals surface area contributed by atoms with Crippen LogP contribution >= 0.6 is 0 Å². The van der Waals surface area contributed by atoms with Crippen LogP contribution in [0.2, 0.25) is 0 Å². The van der Waals surface area contributed by atoms with Crippen molar-refractivity contribution >= 4 is 5.91 Å². The molecule has 1 N–H and O–H groups in total. The van der Waals surface area contributed by atoms with Crippen molar-refractivity contribution in [3.8, 4) is 11.5 Å². The maximum Gasteiger partial charge on any atom is 0.253 e. The van der Waals surface area contributed by atoms with Crippen LogP contribution in [0.3, 0.4) is 0 Å². The van der Waals surface area contributed by atoms with Gasteiger partial charge in [0.15, 0.2) is 0 Å². The molecule has 0 spiro atoms. The summed E-state index contributed by atoms with van der Waals surface area (Å²) in [6.07, 6.45) is 1.95. The summed E-state index contributed by atoms with van der Waals surface area (Å²) < 4.78 is 10.9. The van der Waals surface area contributed by atoms with Gasteiger partial charge in [0.05, 0.1) is 25.5 Å². The summed E-state index contributed by atoms with van der Waals surface area (Å²) in [7, 11) is 3.38. The Balaban J connectivity index is 1.71. The number of likely N-dealkylation sites (tertiary alicyclic amines) is 1. The molecule has 0 bridgehead atoms. The first kappa shape index (κ1) is 22.1. The Morgan fingerprint density at radius 2 is 1.90 bits per heavy atom. The summed E-state index contributed by atoms with van der Waals surface area (Å²) in [5, 5.41) is 3.01. The lowest BCUT2D eigenvalue weighted by Gasteiger charge is -2.32. The van der Waals surface area contributed by atoms with Crippen molar-refractivity contribution in [2.45, 2.75) is 52.1 Å². The van der Waals surface area contributed by atoms with E-state index in [2.05, 4.69) is 10.2 Å². The number of aromatic nitrogens is 1. The largest absolute Gasteiger partial charge is 0.497 e. The van der Waals surface area contributed by atoms with E-state index >= 15 is 0 Å². The number of rotatable bonds is 7. The molecule has 2 heterocycles. The summed E-state index contributed by atoms with van der Waals surface area (Å²) in [6.45, 7) is 8.65. The van der Waals surface area contributed by atoms with Crippen LogP contribution in [0.25, 0.3) is 0 Å². The predicted octanol–water partition coefficient (Wildman–Crippen LogP) is 3.93. The zero-order valence-electron chi connectivity index (χ0n) is 18.7. The molecule has 0 unspecified atom stereocenters. The molecule has 6 heteroatoms. The van der Waals surface area contributed by atoms with Crippen LogP contribution in [0.15, 0.2) is 30.3 Å². The molecule has 2 aromatic rings. The van der Waals surface area contributed by atoms with Gasteiger partial charge in [-0.25, -0.2) is 0 Å². The maximum absolute atomic E-state index is 12.7. The summed E-state index contributed by atoms with van der Waals surface area (Å²) in [4.78, 5) is 19.9. The van der Waals surface area contributed by atoms with E-state index < -0.39 is 0 Å². The molecule has 1 aliphatic rings. The molecule has 0 radical (unpaired) electrons. The first-order valence-electron chi connectivity index (χ1n) is 10.6. The van der Waals surface area contributed by atoms with E-state index in [-0.39, 0.29) is 11.9 Å². The third-order valence-electron chi connectivity index (χ3n) is 5.58. The van der Waals surface area contributed by atoms with Crippen LogP contribution in [0.4, 0.5) is 0 Å². The number of nitrogens with one attached hydrogen (secondary N) is 1. The van der Waals surface area contributed by atoms with Gasteiger partial charge < -0.3 is 14.8 Å². The number of hydrogen-bond acceptors (Lipinski definition) is 5. The highest BCUT2D eigenvalue weighted by atomic mass is 16.5. The van der Waals surface area contributed by atoms with Gasteiger partial charge in [-0.15, -0.1) is 0 Å². The molecule has 0 aliphatic carbocycles. The number of carbonyl (C=O) groups is 1. The Morgan fingerprint density at radius 3 is 2.53 bits per heavy atom. The second kappa shape index (κ2) is 9.94. The van der Waals surface area contributed by atoms with E-state index in [1.807, 2.05) is 51.1 Å². The van der Waals surface area contributed by atoms with Crippen molar-refractivity contribution < 1.29 is 14.3 Å². The van der Waals surface area contributed by atoms with Gasteiger partial charge in [-0.05, 0) is 77.0 Å². The van der Waals surface area contributed by atoms with Crippen LogP contribution in [0.5, 0.6) is 11.5 Å². The number of aryl methyl sites for hydroxylation is 1. The lowest BCUT2D eigenvalue weighted by Crippen LogP contribution is -2.35. The fraction of sp³-hybridized carbons (Fsp3) is 0.500. The molecule has 1 aromatic carbocycles. The van der Waals surface area contributed by atoms with Crippen molar-refractivity contribution in [2.75, 3.05) is 27.3 Å². The van der Waals surface area contributed by atoms with Crippen LogP contribution in [-0.2, 0) is 6.54 Å². The van der Waals surface area contributed by atoms with Gasteiger partial charge in [0.1, 0.15) is 11.5 Å². The Kier molecular flexibility index (Phi) is 7.32. The van der Waals surface area contributed by atoms with Crippen LogP contribution in [0, 0.1) is 6.92 Å². The molecular formula is C24H33N3O3. The Labute approximate surface area is 179 Å². The summed E-state index contributed by atoms with van der Waals surface area (Å²) in [5.41, 5.74) is 3.73. The number of carbonyl (C=O) groups excluding carboxylic acids is 1. The minimum Gasteiger partial charge on any atom is -0.497 e. The molecular weight excluding hydrogens is 378 g/mol. The normalized spacial score (nSPS) is 15.3. The molecule has 6 nitrogen and oxygen atoms in total. The zero-order chi connectivity index (χ0) is 21.7. The maximum atomic E-state index is 12.7. The molecule has 1 aromatic heterocycles. The average molecular weight is 412 g/mol. The lowest BCUT2D eigenvalue weighted by atomic mass is 9.89. The highest BCUT2D eigenvalue weighted by Crippen LogP contribution is 2.32. The minimum absolute atomic E-state index is 0.0314. The molecule has 1 saturated heterocycles. The fourth-order valence-electron chi connectivity index (χ4n) is 4.03. The number of piperidine rings is 1. The molecule has 30 heavy (non-hydrogen) atoms. The van der Waals surface area contributed by atoms with E-state index in [9.17, 15) is 4.79 Å². The predicted molar refractivity (Wildman–Crippen MR) is 118 cm³/mol. The first-order chi connectivity index (χ1) is 14.4. The summed E-state index contributed by atoms with van der Waals surface area (Å²) in [5.74, 6) is 1.98. The molecule has 0 saturated carbocycles. The van der Waals surface area contributed by atoms with Crippen molar-refractivity contribution in [1.82, 2.24) is 15.2 Å². The minimum atomic E-state index is -0.0314. The first-order valence-corrected chi connectivity index (χ1v) is 10.6. The quantitative estimate of drug-likeness (QED) is 0.748. The van der Waals surface area contributed by atoms with Crippen LogP contribution in [0.1, 0.15) is 59.9 Å². The Hall–Kier alpha value is -2.60. The SMILES string of the molecule is COc1ccc(OC)c(CN2CCC(c3nc(C)ccc3C(=O)NC(C)C)CC2)c1. The van der Waals surface area contributed by atoms with Gasteiger partial charge >= 0.3 is 0 Å². The number of ether oxygens (including phenoxy) is 2. The van der Waals surface area contributed by atoms with Crippen LogP contribution in [-0.4, -0.2) is 49.1 Å². The molecule has 1 fully saturated rings. The molecule has 3 rings (SSSR count). The zero-order valence-corrected chi connectivity index (χ0v) is 18.7. The van der Waals surface area contributed by atoms with Crippen molar-refractivity contribution in [2.24, 2.45) is 0 Å². The molecule has 162 valence electrons. The number of amides is 1. The molecule has 0 atom stereocenters. The Morgan fingerprint density at radius 1 is 1.17 bits per heavy atom. The average Bonchev–Trinajstić information content (AvgIpc) is 2.73. The van der Waals surface area contributed by atoms with Crippen molar-refractivity contribution in [3.05, 3.63) is 52.8 Å². The number of hydrogen-bond donors (Lipinski definition) is 1. The van der Waals surface area contributed by atoms with E-state index in [1.54, 1.807) is 14.2 Å². The van der Waals surface area contributed by atoms with E-state index in [1.165, 1.54) is 0 Å². The summed E-state index contributed by atoms with van der Waals surface area (Å²) in [6, 6.07) is 9.86. The number of benzene rings is 1. The topological polar surface area (TPSA) is 63.7 Å². The number of methoxy groups -OCH3 is 2. The standard InChI is InChI=1S/C24H33N3O3/c1-16(2)25-24(28)21-8-6-17(3)26-23(21)18-10-12-27(13-11-18)15-19-14-20(29-4)7-9-22(19)30-5/h6-9,14,16,18H,10-13,15H2,1-5H3,(H,25,28). The van der Waals surface area contributed by atoms with E-state index in [0.717, 1.165) is 60.9 Å². The number of pyridine rings is 1. The second-order valence-electron chi connectivity index (χ2n) is 8.24. The monoisotopic (exact) mass is 411 g/mol. The third kappa shape index (κ3) is 5.30. The third-order valence-corrected chi connectivity index (χ3v) is 5.58. The van der Waals surface area contributed by atoms with Crippen molar-refractivity contribution in [1.29, 1.82) is 0 Å². The molecule has 1 aliphatic heterocycles. The molecule has 1 amide bonds. The van der Waals surface area contributed by atoms with E-state index in [4.69, 9.17) is 14.5 Å². The fourth-order valence-corrected chi connectivity index (χ4v) is 4.03. The highest BCUT2D eigenvalue weighted by Gasteiger charge is 2.26. The van der Waals surface area contributed by atoms with Crippen molar-refractivity contribution in [3.63, 3.8) is 0 Å². The van der Waals surface area contributed by atoms with Gasteiger partial charge in [0.25, 0.3) is 5.91 Å². The van der Waals surface area contributed by atoms with E-state index in [0.29, 0.717) is 11.5 Å². The van der Waals surface area contributed by atoms with Gasteiger partial charge in [0, 0.05) is 29.8 Å². The Bertz CT molecular complexity index is 874. The van der Waals surface area contributed by atoms with Gasteiger partial charge in [-0.3, -0.25) is 14.7 Å². The van der Waals surface area contributed by atoms with Gasteiger partial charge in [0.2, 0.25) is 0 Å².